The van der Waals surface area contributed by atoms with E-state index in [-0.39, 0.29) is 11.1 Å². The fourth-order valence-electron chi connectivity index (χ4n) is 3.01. The number of nitrogens with one attached hydrogen (secondary N) is 1. The Balaban J connectivity index is 1.66. The van der Waals surface area contributed by atoms with Crippen molar-refractivity contribution in [3.63, 3.8) is 0 Å². The molecular weight excluding hydrogens is 410 g/mol. The first-order chi connectivity index (χ1) is 14.7. The van der Waals surface area contributed by atoms with E-state index in [1.165, 1.54) is 26.2 Å². The van der Waals surface area contributed by atoms with Crippen molar-refractivity contribution in [1.29, 1.82) is 0 Å². The van der Waals surface area contributed by atoms with E-state index in [1.54, 1.807) is 24.3 Å². The zero-order valence-corrected chi connectivity index (χ0v) is 16.5. The van der Waals surface area contributed by atoms with Crippen LogP contribution in [0.1, 0.15) is 27.6 Å². The van der Waals surface area contributed by atoms with Gasteiger partial charge in [-0.25, -0.2) is 0 Å². The minimum Gasteiger partial charge on any atom is -0.495 e. The summed E-state index contributed by atoms with van der Waals surface area (Å²) in [5.74, 6) is -3.11. The monoisotopic (exact) mass is 427 g/mol. The Bertz CT molecular complexity index is 1100. The lowest BCUT2D eigenvalue weighted by atomic mass is 10.1. The molecule has 0 aliphatic carbocycles. The third kappa shape index (κ3) is 4.20. The Morgan fingerprint density at radius 1 is 1.13 bits per heavy atom. The molecule has 11 heteroatoms. The maximum Gasteiger partial charge on any atom is 0.326 e. The van der Waals surface area contributed by atoms with E-state index in [1.807, 2.05) is 0 Å². The number of hydrogen-bond donors (Lipinski definition) is 1. The van der Waals surface area contributed by atoms with E-state index in [4.69, 9.17) is 9.47 Å². The van der Waals surface area contributed by atoms with Crippen LogP contribution in [-0.4, -0.2) is 53.3 Å². The van der Waals surface area contributed by atoms with Gasteiger partial charge < -0.3 is 14.8 Å². The van der Waals surface area contributed by atoms with Crippen LogP contribution in [0.5, 0.6) is 5.75 Å². The zero-order valence-electron chi connectivity index (χ0n) is 16.5. The van der Waals surface area contributed by atoms with Crippen LogP contribution in [0.15, 0.2) is 42.5 Å². The number of para-hydroxylation sites is 2. The highest BCUT2D eigenvalue weighted by Gasteiger charge is 2.42. The fraction of sp³-hybridized carbons (Fsp3) is 0.200. The van der Waals surface area contributed by atoms with Gasteiger partial charge in [-0.1, -0.05) is 18.2 Å². The number of hydrogen-bond acceptors (Lipinski definition) is 8. The van der Waals surface area contributed by atoms with Gasteiger partial charge in [0.25, 0.3) is 23.4 Å². The summed E-state index contributed by atoms with van der Waals surface area (Å²) in [7, 11) is 1.43. The summed E-state index contributed by atoms with van der Waals surface area (Å²) in [6.45, 7) is 0.519. The highest BCUT2D eigenvalue weighted by molar-refractivity contribution is 6.24. The van der Waals surface area contributed by atoms with Crippen molar-refractivity contribution < 1.29 is 33.6 Å². The molecule has 0 bridgehead atoms. The number of anilines is 1. The third-order valence-electron chi connectivity index (χ3n) is 4.50. The van der Waals surface area contributed by atoms with Crippen molar-refractivity contribution in [2.24, 2.45) is 0 Å². The molecule has 3 rings (SSSR count). The molecule has 1 aliphatic rings. The van der Waals surface area contributed by atoms with Gasteiger partial charge in [0.1, 0.15) is 17.9 Å². The smallest absolute Gasteiger partial charge is 0.326 e. The zero-order chi connectivity index (χ0) is 22.7. The first-order valence-corrected chi connectivity index (χ1v) is 9.01. The third-order valence-corrected chi connectivity index (χ3v) is 4.50. The second kappa shape index (κ2) is 8.61. The van der Waals surface area contributed by atoms with Crippen molar-refractivity contribution in [2.45, 2.75) is 13.0 Å². The van der Waals surface area contributed by atoms with Gasteiger partial charge in [-0.2, -0.15) is 0 Å². The van der Waals surface area contributed by atoms with Crippen molar-refractivity contribution in [3.8, 4) is 5.75 Å². The summed E-state index contributed by atoms with van der Waals surface area (Å²) in [5, 5.41) is 13.7. The number of fused-ring (bicyclic) bond motifs is 1. The molecule has 1 N–H and O–H groups in total. The molecule has 0 saturated carbocycles. The van der Waals surface area contributed by atoms with Gasteiger partial charge in [0.2, 0.25) is 0 Å². The molecule has 0 saturated heterocycles. The molecule has 0 fully saturated rings. The number of nitrogens with zero attached hydrogens (tertiary/aromatic N) is 2. The van der Waals surface area contributed by atoms with Crippen molar-refractivity contribution in [2.75, 3.05) is 19.0 Å². The Morgan fingerprint density at radius 3 is 2.52 bits per heavy atom. The highest BCUT2D eigenvalue weighted by atomic mass is 16.6. The SMILES string of the molecule is COc1ccccc1NC(=O)C(C)OC(=O)CN1C(=O)c2cccc([N+](=O)[O-])c2C1=O. The van der Waals surface area contributed by atoms with Gasteiger partial charge in [-0.05, 0) is 25.1 Å². The van der Waals surface area contributed by atoms with Gasteiger partial charge in [0.15, 0.2) is 6.10 Å². The molecule has 160 valence electrons. The summed E-state index contributed by atoms with van der Waals surface area (Å²) in [4.78, 5) is 60.4. The molecule has 31 heavy (non-hydrogen) atoms. The van der Waals surface area contributed by atoms with Gasteiger partial charge in [-0.15, -0.1) is 0 Å². The molecule has 2 aromatic rings. The Morgan fingerprint density at radius 2 is 1.84 bits per heavy atom. The molecule has 0 aromatic heterocycles. The minimum atomic E-state index is -1.25. The average molecular weight is 427 g/mol. The molecule has 3 amide bonds. The van der Waals surface area contributed by atoms with Gasteiger partial charge in [-0.3, -0.25) is 34.2 Å². The number of rotatable bonds is 7. The summed E-state index contributed by atoms with van der Waals surface area (Å²) in [6, 6.07) is 10.2. The van der Waals surface area contributed by atoms with Crippen LogP contribution in [0.25, 0.3) is 0 Å². The van der Waals surface area contributed by atoms with Crippen LogP contribution < -0.4 is 10.1 Å². The number of nitro benzene ring substituents is 1. The summed E-state index contributed by atoms with van der Waals surface area (Å²) >= 11 is 0. The first kappa shape index (κ1) is 21.4. The summed E-state index contributed by atoms with van der Waals surface area (Å²) in [5.41, 5.74) is -0.719. The Hall–Kier alpha value is -4.28. The lowest BCUT2D eigenvalue weighted by Crippen LogP contribution is -2.38. The predicted molar refractivity (Wildman–Crippen MR) is 106 cm³/mol. The molecule has 1 heterocycles. The standard InChI is InChI=1S/C20H17N3O8/c1-11(18(25)21-13-7-3-4-9-15(13)30-2)31-16(24)10-22-19(26)12-6-5-8-14(23(28)29)17(12)20(22)27/h3-9,11H,10H2,1-2H3,(H,21,25). The molecule has 0 radical (unpaired) electrons. The number of imide groups is 1. The summed E-state index contributed by atoms with van der Waals surface area (Å²) in [6.07, 6.45) is -1.25. The highest BCUT2D eigenvalue weighted by Crippen LogP contribution is 2.30. The topological polar surface area (TPSA) is 145 Å². The number of nitro groups is 1. The van der Waals surface area contributed by atoms with E-state index in [0.29, 0.717) is 16.3 Å². The van der Waals surface area contributed by atoms with E-state index in [9.17, 15) is 29.3 Å². The largest absolute Gasteiger partial charge is 0.495 e. The van der Waals surface area contributed by atoms with Gasteiger partial charge >= 0.3 is 5.97 Å². The van der Waals surface area contributed by atoms with Crippen LogP contribution >= 0.6 is 0 Å². The normalized spacial score (nSPS) is 13.4. The molecule has 11 nitrogen and oxygen atoms in total. The number of carbonyl (C=O) groups excluding carboxylic acids is 4. The van der Waals surface area contributed by atoms with Crippen LogP contribution in [0.3, 0.4) is 0 Å². The van der Waals surface area contributed by atoms with E-state index >= 15 is 0 Å². The van der Waals surface area contributed by atoms with E-state index < -0.39 is 47.0 Å². The molecule has 2 aromatic carbocycles. The first-order valence-electron chi connectivity index (χ1n) is 9.01. The number of esters is 1. The fourth-order valence-corrected chi connectivity index (χ4v) is 3.01. The van der Waals surface area contributed by atoms with Crippen LogP contribution in [0.4, 0.5) is 11.4 Å². The number of amides is 3. The van der Waals surface area contributed by atoms with Crippen LogP contribution in [0.2, 0.25) is 0 Å². The van der Waals surface area contributed by atoms with Gasteiger partial charge in [0, 0.05) is 6.07 Å². The van der Waals surface area contributed by atoms with Crippen molar-refractivity contribution in [3.05, 3.63) is 63.7 Å². The number of methoxy groups -OCH3 is 1. The molecule has 1 aliphatic heterocycles. The van der Waals surface area contributed by atoms with E-state index in [2.05, 4.69) is 5.32 Å². The summed E-state index contributed by atoms with van der Waals surface area (Å²) < 4.78 is 10.1. The van der Waals surface area contributed by atoms with Crippen LogP contribution in [0, 0.1) is 10.1 Å². The van der Waals surface area contributed by atoms with Gasteiger partial charge in [0.05, 0.1) is 23.3 Å². The Labute approximate surface area is 175 Å². The Kier molecular flexibility index (Phi) is 5.95. The number of carbonyl (C=O) groups is 4. The molecule has 1 unspecified atom stereocenters. The lowest BCUT2D eigenvalue weighted by molar-refractivity contribution is -0.385. The predicted octanol–water partition coefficient (Wildman–Crippen LogP) is 1.77. The number of benzene rings is 2. The molecule has 0 spiro atoms. The van der Waals surface area contributed by atoms with Crippen molar-refractivity contribution >= 4 is 35.1 Å². The average Bonchev–Trinajstić information content (AvgIpc) is 2.98. The van der Waals surface area contributed by atoms with E-state index in [0.717, 1.165) is 6.07 Å². The van der Waals surface area contributed by atoms with Crippen molar-refractivity contribution in [1.82, 2.24) is 4.90 Å². The second-order valence-electron chi connectivity index (χ2n) is 6.47. The maximum atomic E-state index is 12.5. The lowest BCUT2D eigenvalue weighted by Gasteiger charge is -2.17. The second-order valence-corrected chi connectivity index (χ2v) is 6.47. The minimum absolute atomic E-state index is 0.172. The molecule has 1 atom stereocenters. The maximum absolute atomic E-state index is 12.5. The quantitative estimate of drug-likeness (QED) is 0.305. The molecular formula is C20H17N3O8. The number of ether oxygens (including phenoxy) is 2. The van der Waals surface area contributed by atoms with Crippen LogP contribution in [-0.2, 0) is 14.3 Å².